The van der Waals surface area contributed by atoms with Gasteiger partial charge in [-0.25, -0.2) is 4.98 Å². The number of ether oxygens (including phenoxy) is 2. The van der Waals surface area contributed by atoms with Crippen LogP contribution >= 0.6 is 11.3 Å². The van der Waals surface area contributed by atoms with Gasteiger partial charge in [0, 0.05) is 24.8 Å². The molecule has 3 N–H and O–H groups in total. The van der Waals surface area contributed by atoms with Gasteiger partial charge in [-0.05, 0) is 18.2 Å². The highest BCUT2D eigenvalue weighted by Gasteiger charge is 2.35. The molecule has 29 heavy (non-hydrogen) atoms. The van der Waals surface area contributed by atoms with Crippen LogP contribution in [-0.4, -0.2) is 58.2 Å². The second kappa shape index (κ2) is 8.17. The Hall–Kier alpha value is -2.36. The summed E-state index contributed by atoms with van der Waals surface area (Å²) in [4.78, 5) is 7.32. The summed E-state index contributed by atoms with van der Waals surface area (Å²) in [5.74, 6) is 2.17. The van der Waals surface area contributed by atoms with E-state index in [2.05, 4.69) is 10.1 Å². The number of thiazole rings is 1. The first kappa shape index (κ1) is 19.9. The normalized spacial score (nSPS) is 20.7. The minimum absolute atomic E-state index is 0.110. The molecule has 1 aliphatic rings. The number of likely N-dealkylation sites (tertiary alicyclic amines) is 1. The van der Waals surface area contributed by atoms with Crippen molar-refractivity contribution < 1.29 is 24.6 Å². The van der Waals surface area contributed by atoms with Gasteiger partial charge in [0.05, 0.1) is 33.4 Å². The lowest BCUT2D eigenvalue weighted by molar-refractivity contribution is -0.931. The van der Waals surface area contributed by atoms with E-state index in [9.17, 15) is 10.2 Å². The summed E-state index contributed by atoms with van der Waals surface area (Å²) in [7, 11) is 3.23. The van der Waals surface area contributed by atoms with E-state index in [0.29, 0.717) is 22.3 Å². The molecule has 0 bridgehead atoms. The second-order valence-electron chi connectivity index (χ2n) is 7.30. The third-order valence-corrected chi connectivity index (χ3v) is 6.65. The van der Waals surface area contributed by atoms with Crippen molar-refractivity contribution in [3.05, 3.63) is 34.5 Å². The number of methoxy groups -OCH3 is 2. The summed E-state index contributed by atoms with van der Waals surface area (Å²) in [5, 5.41) is 25.4. The van der Waals surface area contributed by atoms with Crippen molar-refractivity contribution in [2.75, 3.05) is 27.3 Å². The molecule has 156 valence electrons. The number of benzene rings is 1. The number of piperidine rings is 1. The topological polar surface area (TPSA) is 93.5 Å². The first-order valence-electron chi connectivity index (χ1n) is 9.87. The fourth-order valence-corrected chi connectivity index (χ4v) is 5.16. The van der Waals surface area contributed by atoms with Gasteiger partial charge in [-0.15, -0.1) is 5.10 Å². The lowest BCUT2D eigenvalue weighted by Gasteiger charge is -2.33. The minimum Gasteiger partial charge on any atom is -0.493 e. The van der Waals surface area contributed by atoms with Gasteiger partial charge < -0.3 is 24.6 Å². The summed E-state index contributed by atoms with van der Waals surface area (Å²) in [6.45, 7) is 3.62. The Morgan fingerprint density at radius 1 is 1.24 bits per heavy atom. The predicted octanol–water partition coefficient (Wildman–Crippen LogP) is 1.20. The molecule has 0 radical (unpaired) electrons. The molecule has 1 fully saturated rings. The van der Waals surface area contributed by atoms with Crippen molar-refractivity contribution in [1.29, 1.82) is 0 Å². The Bertz CT molecular complexity index is 994. The number of rotatable bonds is 6. The molecule has 0 spiro atoms. The van der Waals surface area contributed by atoms with E-state index in [1.54, 1.807) is 14.2 Å². The molecule has 1 atom stereocenters. The zero-order valence-electron chi connectivity index (χ0n) is 16.9. The van der Waals surface area contributed by atoms with Crippen LogP contribution in [0.15, 0.2) is 18.2 Å². The number of aryl methyl sites for hydroxylation is 1. The molecular weight excluding hydrogens is 392 g/mol. The SMILES string of the molecule is CCc1nc2sc([C@H](c3ccc(OC)c(OC)c3)[NH+]3CCC(O)CC3)c(O)n2n1. The van der Waals surface area contributed by atoms with Crippen molar-refractivity contribution in [3.8, 4) is 17.4 Å². The Morgan fingerprint density at radius 3 is 2.59 bits per heavy atom. The molecule has 0 unspecified atom stereocenters. The summed E-state index contributed by atoms with van der Waals surface area (Å²) >= 11 is 1.46. The number of aromatic nitrogens is 3. The predicted molar refractivity (Wildman–Crippen MR) is 109 cm³/mol. The number of fused-ring (bicyclic) bond motifs is 1. The standard InChI is InChI=1S/C20H26N4O4S/c1-4-16-21-20-24(22-16)19(26)18(29-20)17(23-9-7-13(25)8-10-23)12-5-6-14(27-2)15(11-12)28-3/h5-6,11,13,17,25-26H,4,7-10H2,1-3H3/p+1/t17-/m0/s1. The van der Waals surface area contributed by atoms with E-state index in [1.807, 2.05) is 25.1 Å². The molecule has 3 heterocycles. The van der Waals surface area contributed by atoms with E-state index in [4.69, 9.17) is 9.47 Å². The van der Waals surface area contributed by atoms with E-state index in [1.165, 1.54) is 20.8 Å². The highest BCUT2D eigenvalue weighted by atomic mass is 32.1. The second-order valence-corrected chi connectivity index (χ2v) is 8.31. The van der Waals surface area contributed by atoms with Gasteiger partial charge in [-0.3, -0.25) is 0 Å². The fourth-order valence-electron chi connectivity index (χ4n) is 4.00. The van der Waals surface area contributed by atoms with Gasteiger partial charge in [0.25, 0.3) is 0 Å². The molecule has 3 aromatic rings. The Kier molecular flexibility index (Phi) is 5.62. The maximum Gasteiger partial charge on any atom is 0.235 e. The molecule has 0 amide bonds. The molecule has 4 rings (SSSR count). The quantitative estimate of drug-likeness (QED) is 0.556. The zero-order valence-corrected chi connectivity index (χ0v) is 17.7. The maximum atomic E-state index is 11.0. The van der Waals surface area contributed by atoms with E-state index in [0.717, 1.165) is 42.8 Å². The lowest BCUT2D eigenvalue weighted by Crippen LogP contribution is -3.13. The Morgan fingerprint density at radius 2 is 1.97 bits per heavy atom. The van der Waals surface area contributed by atoms with Crippen LogP contribution in [0.1, 0.15) is 42.1 Å². The summed E-state index contributed by atoms with van der Waals surface area (Å²) in [5.41, 5.74) is 1.02. The van der Waals surface area contributed by atoms with Crippen molar-refractivity contribution in [1.82, 2.24) is 14.6 Å². The molecule has 2 aromatic heterocycles. The van der Waals surface area contributed by atoms with E-state index >= 15 is 0 Å². The number of aliphatic hydroxyl groups is 1. The van der Waals surface area contributed by atoms with Gasteiger partial charge in [0.2, 0.25) is 10.8 Å². The van der Waals surface area contributed by atoms with Crippen LogP contribution < -0.4 is 14.4 Å². The van der Waals surface area contributed by atoms with Crippen molar-refractivity contribution in [2.24, 2.45) is 0 Å². The molecule has 0 aliphatic carbocycles. The third-order valence-electron chi connectivity index (χ3n) is 5.57. The molecule has 9 heteroatoms. The maximum absolute atomic E-state index is 11.0. The first-order chi connectivity index (χ1) is 14.0. The third kappa shape index (κ3) is 3.65. The van der Waals surface area contributed by atoms with Crippen molar-refractivity contribution >= 4 is 16.3 Å². The molecular formula is C20H27N4O4S+. The number of hydrogen-bond acceptors (Lipinski definition) is 7. The largest absolute Gasteiger partial charge is 0.493 e. The van der Waals surface area contributed by atoms with Crippen LogP contribution in [0.2, 0.25) is 0 Å². The summed E-state index contributed by atoms with van der Waals surface area (Å²) in [6.07, 6.45) is 1.94. The number of nitrogens with zero attached hydrogens (tertiary/aromatic N) is 3. The number of hydrogen-bond donors (Lipinski definition) is 3. The zero-order chi connectivity index (χ0) is 20.5. The van der Waals surface area contributed by atoms with Gasteiger partial charge in [-0.1, -0.05) is 18.3 Å². The van der Waals surface area contributed by atoms with Crippen LogP contribution in [0, 0.1) is 0 Å². The van der Waals surface area contributed by atoms with Crippen LogP contribution in [0.25, 0.3) is 4.96 Å². The molecule has 1 aromatic carbocycles. The first-order valence-corrected chi connectivity index (χ1v) is 10.7. The minimum atomic E-state index is -0.257. The monoisotopic (exact) mass is 419 g/mol. The van der Waals surface area contributed by atoms with E-state index in [-0.39, 0.29) is 18.0 Å². The molecule has 8 nitrogen and oxygen atoms in total. The smallest absolute Gasteiger partial charge is 0.235 e. The van der Waals surface area contributed by atoms with Crippen LogP contribution in [0.3, 0.4) is 0 Å². The van der Waals surface area contributed by atoms with Crippen molar-refractivity contribution in [2.45, 2.75) is 38.3 Å². The highest BCUT2D eigenvalue weighted by Crippen LogP contribution is 2.38. The van der Waals surface area contributed by atoms with Crippen LogP contribution in [0.5, 0.6) is 17.4 Å². The van der Waals surface area contributed by atoms with Crippen LogP contribution in [-0.2, 0) is 6.42 Å². The summed E-state index contributed by atoms with van der Waals surface area (Å²) < 4.78 is 12.4. The molecule has 1 saturated heterocycles. The number of aromatic hydroxyl groups is 1. The number of quaternary nitrogens is 1. The summed E-state index contributed by atoms with van der Waals surface area (Å²) in [6, 6.07) is 5.76. The van der Waals surface area contributed by atoms with Gasteiger partial charge in [-0.2, -0.15) is 4.52 Å². The average molecular weight is 420 g/mol. The van der Waals surface area contributed by atoms with Crippen molar-refractivity contribution in [3.63, 3.8) is 0 Å². The lowest BCUT2D eigenvalue weighted by atomic mass is 9.99. The number of aliphatic hydroxyl groups excluding tert-OH is 1. The highest BCUT2D eigenvalue weighted by molar-refractivity contribution is 7.17. The molecule has 0 saturated carbocycles. The average Bonchev–Trinajstić information content (AvgIpc) is 3.28. The fraction of sp³-hybridized carbons (Fsp3) is 0.500. The van der Waals surface area contributed by atoms with E-state index < -0.39 is 0 Å². The van der Waals surface area contributed by atoms with Gasteiger partial charge in [0.1, 0.15) is 4.88 Å². The Balaban J connectivity index is 1.81. The molecule has 1 aliphatic heterocycles. The Labute approximate surface area is 173 Å². The number of nitrogens with one attached hydrogen (secondary N) is 1. The van der Waals surface area contributed by atoms with Crippen LogP contribution in [0.4, 0.5) is 0 Å². The van der Waals surface area contributed by atoms with Gasteiger partial charge >= 0.3 is 0 Å². The van der Waals surface area contributed by atoms with Gasteiger partial charge in [0.15, 0.2) is 23.4 Å².